The molecule has 0 aromatic heterocycles. The molecule has 0 aromatic carbocycles. The summed E-state index contributed by atoms with van der Waals surface area (Å²) in [6, 6.07) is 0. The lowest BCUT2D eigenvalue weighted by atomic mass is 10.4. The van der Waals surface area contributed by atoms with Gasteiger partial charge in [0.15, 0.2) is 0 Å². The zero-order valence-corrected chi connectivity index (χ0v) is 7.72. The highest BCUT2D eigenvalue weighted by Gasteiger charge is 2.01. The quantitative estimate of drug-likeness (QED) is 0.552. The van der Waals surface area contributed by atoms with Crippen LogP contribution in [-0.2, 0) is 9.22 Å². The lowest BCUT2D eigenvalue weighted by Gasteiger charge is -2.05. The van der Waals surface area contributed by atoms with Crippen molar-refractivity contribution < 1.29 is 9.22 Å². The fraction of sp³-hybridized carbons (Fsp3) is 0.833. The molecule has 9 heavy (non-hydrogen) atoms. The molecule has 0 amide bonds. The number of rotatable bonds is 3. The van der Waals surface area contributed by atoms with E-state index >= 15 is 0 Å². The minimum absolute atomic E-state index is 0.123. The Morgan fingerprint density at radius 3 is 2.67 bits per heavy atom. The van der Waals surface area contributed by atoms with Crippen LogP contribution in [0.3, 0.4) is 0 Å². The molecular formula is C6H14O2Si. The SMILES string of the molecule is CCC(C)[SiH2]OC(C)=O. The summed E-state index contributed by atoms with van der Waals surface area (Å²) in [5, 5.41) is 0. The monoisotopic (exact) mass is 146 g/mol. The van der Waals surface area contributed by atoms with Gasteiger partial charge < -0.3 is 4.43 Å². The third kappa shape index (κ3) is 5.56. The molecule has 0 aliphatic carbocycles. The Labute approximate surface area is 58.5 Å². The first-order valence-electron chi connectivity index (χ1n) is 3.30. The van der Waals surface area contributed by atoms with E-state index in [2.05, 4.69) is 13.8 Å². The molecule has 2 nitrogen and oxygen atoms in total. The third-order valence-electron chi connectivity index (χ3n) is 1.27. The molecule has 0 rings (SSSR count). The maximum atomic E-state index is 10.3. The molecule has 0 aliphatic heterocycles. The number of carbonyl (C=O) groups is 1. The average Bonchev–Trinajstić information content (AvgIpc) is 1.83. The summed E-state index contributed by atoms with van der Waals surface area (Å²) in [6.07, 6.45) is 1.12. The van der Waals surface area contributed by atoms with Gasteiger partial charge >= 0.3 is 0 Å². The van der Waals surface area contributed by atoms with Crippen LogP contribution in [0.1, 0.15) is 27.2 Å². The molecule has 1 atom stereocenters. The van der Waals surface area contributed by atoms with E-state index in [4.69, 9.17) is 4.43 Å². The Hall–Kier alpha value is -0.313. The summed E-state index contributed by atoms with van der Waals surface area (Å²) in [7, 11) is -0.561. The van der Waals surface area contributed by atoms with E-state index in [0.717, 1.165) is 6.42 Å². The van der Waals surface area contributed by atoms with Crippen molar-refractivity contribution in [3.63, 3.8) is 0 Å². The standard InChI is InChI=1S/C6H14O2Si/c1-4-5(2)9-8-6(3)7/h5H,4,9H2,1-3H3. The summed E-state index contributed by atoms with van der Waals surface area (Å²) >= 11 is 0. The minimum Gasteiger partial charge on any atom is -0.525 e. The lowest BCUT2D eigenvalue weighted by Crippen LogP contribution is -2.08. The van der Waals surface area contributed by atoms with Gasteiger partial charge in [-0.1, -0.05) is 20.3 Å². The fourth-order valence-corrected chi connectivity index (χ4v) is 1.13. The van der Waals surface area contributed by atoms with Gasteiger partial charge in [-0.2, -0.15) is 0 Å². The van der Waals surface area contributed by atoms with Gasteiger partial charge in [0.05, 0.1) is 0 Å². The van der Waals surface area contributed by atoms with Crippen LogP contribution in [0.5, 0.6) is 0 Å². The van der Waals surface area contributed by atoms with E-state index in [1.807, 2.05) is 0 Å². The molecule has 0 spiro atoms. The molecule has 0 aliphatic rings. The van der Waals surface area contributed by atoms with Gasteiger partial charge in [0, 0.05) is 6.92 Å². The fourth-order valence-electron chi connectivity index (χ4n) is 0.377. The smallest absolute Gasteiger partial charge is 0.288 e. The van der Waals surface area contributed by atoms with E-state index in [1.165, 1.54) is 6.92 Å². The maximum Gasteiger partial charge on any atom is 0.288 e. The van der Waals surface area contributed by atoms with E-state index < -0.39 is 9.76 Å². The topological polar surface area (TPSA) is 26.3 Å². The van der Waals surface area contributed by atoms with Gasteiger partial charge in [-0.05, 0) is 5.54 Å². The van der Waals surface area contributed by atoms with Crippen LogP contribution >= 0.6 is 0 Å². The van der Waals surface area contributed by atoms with Crippen LogP contribution in [0.2, 0.25) is 5.54 Å². The molecule has 1 unspecified atom stereocenters. The van der Waals surface area contributed by atoms with Crippen molar-refractivity contribution in [1.29, 1.82) is 0 Å². The van der Waals surface area contributed by atoms with E-state index in [-0.39, 0.29) is 5.97 Å². The summed E-state index contributed by atoms with van der Waals surface area (Å²) in [5.41, 5.74) is 0.633. The van der Waals surface area contributed by atoms with E-state index in [9.17, 15) is 4.79 Å². The molecule has 0 aromatic rings. The highest BCUT2D eigenvalue weighted by Crippen LogP contribution is 2.05. The molecule has 0 heterocycles. The van der Waals surface area contributed by atoms with Gasteiger partial charge in [0.25, 0.3) is 5.97 Å². The third-order valence-corrected chi connectivity index (χ3v) is 2.99. The highest BCUT2D eigenvalue weighted by molar-refractivity contribution is 6.32. The van der Waals surface area contributed by atoms with Crippen LogP contribution in [0.15, 0.2) is 0 Å². The molecule has 0 bridgehead atoms. The second-order valence-electron chi connectivity index (χ2n) is 2.32. The lowest BCUT2D eigenvalue weighted by molar-refractivity contribution is -0.131. The van der Waals surface area contributed by atoms with Crippen LogP contribution in [-0.4, -0.2) is 15.7 Å². The molecular weight excluding hydrogens is 132 g/mol. The molecule has 0 N–H and O–H groups in total. The first-order chi connectivity index (χ1) is 4.16. The number of hydrogen-bond acceptors (Lipinski definition) is 2. The van der Waals surface area contributed by atoms with Crippen LogP contribution in [0.4, 0.5) is 0 Å². The van der Waals surface area contributed by atoms with Gasteiger partial charge in [-0.25, -0.2) is 0 Å². The molecule has 0 saturated carbocycles. The second-order valence-corrected chi connectivity index (χ2v) is 4.33. The molecule has 0 fully saturated rings. The summed E-state index contributed by atoms with van der Waals surface area (Å²) in [4.78, 5) is 10.3. The van der Waals surface area contributed by atoms with Crippen molar-refractivity contribution in [2.24, 2.45) is 0 Å². The van der Waals surface area contributed by atoms with Crippen LogP contribution in [0.25, 0.3) is 0 Å². The van der Waals surface area contributed by atoms with Crippen LogP contribution in [0, 0.1) is 0 Å². The van der Waals surface area contributed by atoms with Crippen molar-refractivity contribution in [2.45, 2.75) is 32.7 Å². The van der Waals surface area contributed by atoms with Crippen molar-refractivity contribution in [2.75, 3.05) is 0 Å². The van der Waals surface area contributed by atoms with E-state index in [1.54, 1.807) is 0 Å². The zero-order valence-electron chi connectivity index (χ0n) is 6.31. The number of carbonyl (C=O) groups excluding carboxylic acids is 1. The average molecular weight is 146 g/mol. The normalized spacial score (nSPS) is 14.1. The highest BCUT2D eigenvalue weighted by atomic mass is 28.2. The predicted octanol–water partition coefficient (Wildman–Crippen LogP) is 0.852. The van der Waals surface area contributed by atoms with Crippen LogP contribution < -0.4 is 0 Å². The first-order valence-corrected chi connectivity index (χ1v) is 4.69. The summed E-state index contributed by atoms with van der Waals surface area (Å²) < 4.78 is 4.89. The van der Waals surface area contributed by atoms with Gasteiger partial charge in [-0.15, -0.1) is 0 Å². The van der Waals surface area contributed by atoms with Crippen molar-refractivity contribution in [1.82, 2.24) is 0 Å². The summed E-state index contributed by atoms with van der Waals surface area (Å²) in [5.74, 6) is -0.123. The maximum absolute atomic E-state index is 10.3. The predicted molar refractivity (Wildman–Crippen MR) is 40.0 cm³/mol. The Morgan fingerprint density at radius 2 is 2.33 bits per heavy atom. The first kappa shape index (κ1) is 8.69. The molecule has 3 heteroatoms. The molecule has 54 valence electrons. The molecule has 0 radical (unpaired) electrons. The molecule has 0 saturated heterocycles. The largest absolute Gasteiger partial charge is 0.525 e. The number of hydrogen-bond donors (Lipinski definition) is 0. The minimum atomic E-state index is -0.561. The Bertz CT molecular complexity index is 93.1. The Balaban J connectivity index is 3.16. The second kappa shape index (κ2) is 4.55. The Morgan fingerprint density at radius 1 is 1.78 bits per heavy atom. The van der Waals surface area contributed by atoms with Crippen molar-refractivity contribution in [3.05, 3.63) is 0 Å². The Kier molecular flexibility index (Phi) is 4.40. The van der Waals surface area contributed by atoms with Gasteiger partial charge in [0.1, 0.15) is 0 Å². The van der Waals surface area contributed by atoms with E-state index in [0.29, 0.717) is 5.54 Å². The zero-order chi connectivity index (χ0) is 7.28. The van der Waals surface area contributed by atoms with Gasteiger partial charge in [-0.3, -0.25) is 4.79 Å². The van der Waals surface area contributed by atoms with Crippen molar-refractivity contribution >= 4 is 15.7 Å². The van der Waals surface area contributed by atoms with Gasteiger partial charge in [0.2, 0.25) is 9.76 Å². The summed E-state index contributed by atoms with van der Waals surface area (Å²) in [6.45, 7) is 5.70. The van der Waals surface area contributed by atoms with Crippen molar-refractivity contribution in [3.8, 4) is 0 Å².